The topological polar surface area (TPSA) is 60.3 Å². The van der Waals surface area contributed by atoms with Gasteiger partial charge in [0.1, 0.15) is 17.0 Å². The third kappa shape index (κ3) is 3.11. The predicted octanol–water partition coefficient (Wildman–Crippen LogP) is 3.40. The number of aryl methyl sites for hydroxylation is 1. The highest BCUT2D eigenvalue weighted by Gasteiger charge is 2.09. The molecule has 6 nitrogen and oxygen atoms in total. The van der Waals surface area contributed by atoms with Gasteiger partial charge in [0, 0.05) is 13.1 Å². The first-order chi connectivity index (χ1) is 11.6. The van der Waals surface area contributed by atoms with Crippen LogP contribution >= 0.6 is 12.2 Å². The predicted molar refractivity (Wildman–Crippen MR) is 100 cm³/mol. The minimum Gasteiger partial charge on any atom is -0.497 e. The van der Waals surface area contributed by atoms with E-state index in [1.807, 2.05) is 41.9 Å². The molecule has 2 N–H and O–H groups in total. The lowest BCUT2D eigenvalue weighted by Crippen LogP contribution is -2.19. The highest BCUT2D eigenvalue weighted by Crippen LogP contribution is 2.29. The molecule has 0 saturated carbocycles. The highest BCUT2D eigenvalue weighted by molar-refractivity contribution is 7.80. The van der Waals surface area contributed by atoms with Crippen molar-refractivity contribution in [3.8, 4) is 11.5 Å². The zero-order valence-corrected chi connectivity index (χ0v) is 14.5. The Kier molecular flexibility index (Phi) is 4.52. The Balaban J connectivity index is 1.80. The summed E-state index contributed by atoms with van der Waals surface area (Å²) in [5.74, 6) is 1.36. The number of thiocarbonyl (C=S) groups is 1. The van der Waals surface area contributed by atoms with Gasteiger partial charge in [-0.1, -0.05) is 6.07 Å². The van der Waals surface area contributed by atoms with Gasteiger partial charge in [-0.05, 0) is 36.5 Å². The minimum absolute atomic E-state index is 0.455. The fraction of sp³-hybridized carbons (Fsp3) is 0.176. The van der Waals surface area contributed by atoms with Crippen LogP contribution in [0.2, 0.25) is 0 Å². The first kappa shape index (κ1) is 16.1. The zero-order valence-electron chi connectivity index (χ0n) is 13.7. The number of nitrogens with zero attached hydrogens (tertiary/aromatic N) is 2. The lowest BCUT2D eigenvalue weighted by atomic mass is 10.2. The Morgan fingerprint density at radius 2 is 1.88 bits per heavy atom. The second kappa shape index (κ2) is 6.76. The SMILES string of the molecule is COc1ccc(NC(=S)Nc2cccc3c2ncn3C)c(OC)c1. The van der Waals surface area contributed by atoms with Gasteiger partial charge in [-0.3, -0.25) is 0 Å². The number of imidazole rings is 1. The van der Waals surface area contributed by atoms with Crippen LogP contribution in [0.1, 0.15) is 0 Å². The number of ether oxygens (including phenoxy) is 2. The van der Waals surface area contributed by atoms with Crippen LogP contribution < -0.4 is 20.1 Å². The fourth-order valence-electron chi connectivity index (χ4n) is 2.44. The molecule has 1 heterocycles. The number of hydrogen-bond donors (Lipinski definition) is 2. The van der Waals surface area contributed by atoms with E-state index in [-0.39, 0.29) is 0 Å². The minimum atomic E-state index is 0.455. The Bertz CT molecular complexity index is 891. The van der Waals surface area contributed by atoms with Crippen molar-refractivity contribution in [3.63, 3.8) is 0 Å². The van der Waals surface area contributed by atoms with E-state index in [4.69, 9.17) is 21.7 Å². The van der Waals surface area contributed by atoms with Crippen molar-refractivity contribution in [2.45, 2.75) is 0 Å². The average Bonchev–Trinajstić information content (AvgIpc) is 2.97. The van der Waals surface area contributed by atoms with Crippen LogP contribution in [0.3, 0.4) is 0 Å². The van der Waals surface area contributed by atoms with E-state index < -0.39 is 0 Å². The maximum atomic E-state index is 5.41. The van der Waals surface area contributed by atoms with E-state index in [1.54, 1.807) is 26.6 Å². The lowest BCUT2D eigenvalue weighted by molar-refractivity contribution is 0.395. The molecule has 0 atom stereocenters. The molecule has 7 heteroatoms. The van der Waals surface area contributed by atoms with Crippen LogP contribution in [0.25, 0.3) is 11.0 Å². The standard InChI is InChI=1S/C17H18N4O2S/c1-21-10-18-16-13(5-4-6-14(16)21)20-17(24)19-12-8-7-11(22-2)9-15(12)23-3/h4-10H,1-3H3,(H2,19,20,24). The molecule has 0 unspecified atom stereocenters. The molecule has 1 aromatic heterocycles. The molecule has 0 aliphatic rings. The summed E-state index contributed by atoms with van der Waals surface area (Å²) < 4.78 is 12.5. The Hall–Kier alpha value is -2.80. The summed E-state index contributed by atoms with van der Waals surface area (Å²) in [5.41, 5.74) is 3.50. The molecule has 0 amide bonds. The van der Waals surface area contributed by atoms with Gasteiger partial charge in [-0.15, -0.1) is 0 Å². The monoisotopic (exact) mass is 342 g/mol. The van der Waals surface area contributed by atoms with Crippen LogP contribution in [0, 0.1) is 0 Å². The van der Waals surface area contributed by atoms with Crippen LogP contribution in [0.4, 0.5) is 11.4 Å². The summed E-state index contributed by atoms with van der Waals surface area (Å²) in [6.45, 7) is 0. The Morgan fingerprint density at radius 3 is 2.62 bits per heavy atom. The molecule has 0 fully saturated rings. The van der Waals surface area contributed by atoms with E-state index in [2.05, 4.69) is 15.6 Å². The molecule has 3 rings (SSSR count). The largest absolute Gasteiger partial charge is 0.497 e. The average molecular weight is 342 g/mol. The second-order valence-electron chi connectivity index (χ2n) is 5.17. The van der Waals surface area contributed by atoms with Crippen LogP contribution in [-0.4, -0.2) is 28.9 Å². The Labute approximate surface area is 145 Å². The van der Waals surface area contributed by atoms with Crippen molar-refractivity contribution in [2.75, 3.05) is 24.9 Å². The number of para-hydroxylation sites is 1. The van der Waals surface area contributed by atoms with Crippen molar-refractivity contribution in [3.05, 3.63) is 42.7 Å². The van der Waals surface area contributed by atoms with Gasteiger partial charge >= 0.3 is 0 Å². The number of fused-ring (bicyclic) bond motifs is 1. The first-order valence-electron chi connectivity index (χ1n) is 7.32. The van der Waals surface area contributed by atoms with E-state index in [0.717, 1.165) is 28.2 Å². The van der Waals surface area contributed by atoms with Crippen LogP contribution in [0.5, 0.6) is 11.5 Å². The molecule has 124 valence electrons. The van der Waals surface area contributed by atoms with Gasteiger partial charge in [0.2, 0.25) is 0 Å². The number of rotatable bonds is 4. The summed E-state index contributed by atoms with van der Waals surface area (Å²) in [7, 11) is 5.17. The van der Waals surface area contributed by atoms with Gasteiger partial charge in [-0.25, -0.2) is 4.98 Å². The maximum absolute atomic E-state index is 5.41. The molecular weight excluding hydrogens is 324 g/mol. The fourth-order valence-corrected chi connectivity index (χ4v) is 2.66. The normalized spacial score (nSPS) is 10.5. The number of anilines is 2. The summed E-state index contributed by atoms with van der Waals surface area (Å²) >= 11 is 5.41. The van der Waals surface area contributed by atoms with Crippen LogP contribution in [0.15, 0.2) is 42.7 Å². The molecule has 2 aromatic carbocycles. The summed E-state index contributed by atoms with van der Waals surface area (Å²) in [6.07, 6.45) is 1.78. The zero-order chi connectivity index (χ0) is 17.1. The van der Waals surface area contributed by atoms with Crippen molar-refractivity contribution < 1.29 is 9.47 Å². The molecule has 0 radical (unpaired) electrons. The lowest BCUT2D eigenvalue weighted by Gasteiger charge is -2.14. The molecule has 0 bridgehead atoms. The third-order valence-corrected chi connectivity index (χ3v) is 3.86. The molecule has 0 spiro atoms. The summed E-state index contributed by atoms with van der Waals surface area (Å²) in [6, 6.07) is 11.4. The van der Waals surface area contributed by atoms with Gasteiger partial charge in [0.25, 0.3) is 0 Å². The van der Waals surface area contributed by atoms with Crippen molar-refractivity contribution >= 4 is 39.7 Å². The van der Waals surface area contributed by atoms with Crippen molar-refractivity contribution in [1.82, 2.24) is 9.55 Å². The molecule has 3 aromatic rings. The van der Waals surface area contributed by atoms with Gasteiger partial charge in [0.15, 0.2) is 5.11 Å². The van der Waals surface area contributed by atoms with Gasteiger partial charge in [0.05, 0.1) is 37.4 Å². The first-order valence-corrected chi connectivity index (χ1v) is 7.73. The van der Waals surface area contributed by atoms with Crippen LogP contribution in [-0.2, 0) is 7.05 Å². The maximum Gasteiger partial charge on any atom is 0.175 e. The van der Waals surface area contributed by atoms with E-state index in [1.165, 1.54) is 0 Å². The molecular formula is C17H18N4O2S. The Morgan fingerprint density at radius 1 is 1.08 bits per heavy atom. The number of aromatic nitrogens is 2. The number of nitrogens with one attached hydrogen (secondary N) is 2. The quantitative estimate of drug-likeness (QED) is 0.709. The molecule has 0 saturated heterocycles. The second-order valence-corrected chi connectivity index (χ2v) is 5.58. The number of benzene rings is 2. The van der Waals surface area contributed by atoms with Crippen molar-refractivity contribution in [2.24, 2.45) is 7.05 Å². The molecule has 24 heavy (non-hydrogen) atoms. The smallest absolute Gasteiger partial charge is 0.175 e. The third-order valence-electron chi connectivity index (χ3n) is 3.66. The van der Waals surface area contributed by atoms with E-state index in [9.17, 15) is 0 Å². The number of hydrogen-bond acceptors (Lipinski definition) is 4. The van der Waals surface area contributed by atoms with Crippen molar-refractivity contribution in [1.29, 1.82) is 0 Å². The molecule has 0 aliphatic heterocycles. The van der Waals surface area contributed by atoms with E-state index >= 15 is 0 Å². The number of methoxy groups -OCH3 is 2. The summed E-state index contributed by atoms with van der Waals surface area (Å²) in [5, 5.41) is 6.78. The molecule has 0 aliphatic carbocycles. The summed E-state index contributed by atoms with van der Waals surface area (Å²) in [4.78, 5) is 4.41. The van der Waals surface area contributed by atoms with Gasteiger partial charge < -0.3 is 24.7 Å². The van der Waals surface area contributed by atoms with E-state index in [0.29, 0.717) is 10.9 Å². The van der Waals surface area contributed by atoms with Gasteiger partial charge in [-0.2, -0.15) is 0 Å². The highest BCUT2D eigenvalue weighted by atomic mass is 32.1.